The Hall–Kier alpha value is -0.791. The molecule has 4 atom stereocenters. The Bertz CT molecular complexity index is 1200. The molecule has 0 radical (unpaired) electrons. The molecule has 1 spiro atoms. The fourth-order valence-electron chi connectivity index (χ4n) is 18.1. The van der Waals surface area contributed by atoms with Gasteiger partial charge in [0.25, 0.3) is 0 Å². The molecule has 4 unspecified atom stereocenters. The summed E-state index contributed by atoms with van der Waals surface area (Å²) in [6, 6.07) is 8.85. The normalized spacial score (nSPS) is 94.3. The summed E-state index contributed by atoms with van der Waals surface area (Å²) in [6.45, 7) is -0.674. The van der Waals surface area contributed by atoms with Crippen LogP contribution in [0.15, 0.2) is 24.3 Å². The first-order chi connectivity index (χ1) is 10.5. The summed E-state index contributed by atoms with van der Waals surface area (Å²) in [7, 11) is 0. The van der Waals surface area contributed by atoms with Gasteiger partial charge in [0.2, 0.25) is 0 Å². The van der Waals surface area contributed by atoms with E-state index < -0.39 is 6.51 Å². The molecule has 0 amide bonds. The number of benzene rings is 1. The van der Waals surface area contributed by atoms with Gasteiger partial charge in [-0.25, -0.2) is 0 Å². The van der Waals surface area contributed by atoms with E-state index in [4.69, 9.17) is 4.74 Å². The summed E-state index contributed by atoms with van der Waals surface area (Å²) in [5.41, 5.74) is 2.45. The van der Waals surface area contributed by atoms with Crippen molar-refractivity contribution >= 4 is 5.97 Å². The number of hydrogen-bond donors (Lipinski definition) is 0. The van der Waals surface area contributed by atoms with E-state index in [1.165, 1.54) is 43.3 Å². The van der Waals surface area contributed by atoms with Crippen molar-refractivity contribution < 1.29 is 16.0 Å². The van der Waals surface area contributed by atoms with Crippen molar-refractivity contribution in [3.63, 3.8) is 0 Å². The number of rotatable bonds is 3. The minimum atomic E-state index is -3.02. The SMILES string of the molecule is CCOC(=O)c1ccc([C]23[CH]4[CH]5[CH]6[CH]2[Fe]56432789[CH]3[CH]2[CH]7[CH]8[CH]39)cc1. The van der Waals surface area contributed by atoms with Gasteiger partial charge < -0.3 is 0 Å². The maximum absolute atomic E-state index is 11.9. The van der Waals surface area contributed by atoms with Crippen LogP contribution in [0.4, 0.5) is 0 Å². The first kappa shape index (κ1) is 8.89. The Kier molecular flexibility index (Phi) is 0.355. The Labute approximate surface area is 118 Å². The van der Waals surface area contributed by atoms with E-state index >= 15 is 0 Å². The van der Waals surface area contributed by atoms with E-state index in [1.54, 1.807) is 5.56 Å². The number of ether oxygens (including phenoxy) is 1. The standard InChI is InChI=1S/C14H13O2.C5H5.Fe/c1-2-16-14(15)13-9-7-12(8-10-13)11-5-3-4-6-11;1-2-4-5-3-1;/h3-10H,2H2,1H3;1-5H;. The van der Waals surface area contributed by atoms with Gasteiger partial charge in [-0.1, -0.05) is 0 Å². The number of hydrogen-bond acceptors (Lipinski definition) is 2. The molecule has 10 fully saturated rings. The van der Waals surface area contributed by atoms with Gasteiger partial charge in [-0.05, 0) is 0 Å². The van der Waals surface area contributed by atoms with Crippen molar-refractivity contribution in [2.24, 2.45) is 0 Å². The molecule has 0 aromatic heterocycles. The van der Waals surface area contributed by atoms with Crippen molar-refractivity contribution in [1.82, 2.24) is 0 Å². The second-order valence-electron chi connectivity index (χ2n) is 12.0. The van der Waals surface area contributed by atoms with Crippen molar-refractivity contribution in [3.8, 4) is 0 Å². The van der Waals surface area contributed by atoms with Crippen LogP contribution in [0.5, 0.6) is 0 Å². The van der Waals surface area contributed by atoms with Crippen LogP contribution in [0.25, 0.3) is 0 Å². The third-order valence-corrected chi connectivity index (χ3v) is 58.9. The first-order valence-corrected chi connectivity index (χ1v) is 15.3. The minimum absolute atomic E-state index is 0.154. The van der Waals surface area contributed by atoms with Crippen LogP contribution in [0, 0.1) is 0 Å². The zero-order valence-corrected chi connectivity index (χ0v) is 13.5. The molecule has 1 aromatic rings. The van der Waals surface area contributed by atoms with Crippen LogP contribution >= 0.6 is 0 Å². The van der Waals surface area contributed by atoms with E-state index in [9.17, 15) is 4.79 Å². The summed E-state index contributed by atoms with van der Waals surface area (Å²) in [6.07, 6.45) is 0. The number of carbonyl (C=O) groups is 1. The van der Waals surface area contributed by atoms with Crippen LogP contribution in [-0.4, -0.2) is 12.6 Å². The molecule has 10 heterocycles. The van der Waals surface area contributed by atoms with E-state index in [0.29, 0.717) is 6.61 Å². The van der Waals surface area contributed by atoms with Gasteiger partial charge in [0.15, 0.2) is 0 Å². The van der Waals surface area contributed by atoms with Crippen LogP contribution in [0.1, 0.15) is 22.8 Å². The Morgan fingerprint density at radius 1 is 1.00 bits per heavy atom. The van der Waals surface area contributed by atoms with Crippen LogP contribution in [-0.2, 0) is 15.6 Å². The third kappa shape index (κ3) is 0.115. The van der Waals surface area contributed by atoms with Crippen LogP contribution in [0.3, 0.4) is 0 Å². The fraction of sp³-hybridized carbons (Fsp3) is 0.632. The van der Waals surface area contributed by atoms with Crippen molar-refractivity contribution in [3.05, 3.63) is 35.4 Å². The molecular weight excluding hydrogens is 316 g/mol. The van der Waals surface area contributed by atoms with Gasteiger partial charge in [0.05, 0.1) is 0 Å². The molecule has 0 N–H and O–H groups in total. The Morgan fingerprint density at radius 3 is 1.91 bits per heavy atom. The van der Waals surface area contributed by atoms with Gasteiger partial charge in [-0.15, -0.1) is 0 Å². The fourth-order valence-corrected chi connectivity index (χ4v) is 92.3. The van der Waals surface area contributed by atoms with Gasteiger partial charge in [0.1, 0.15) is 0 Å². The molecule has 10 aliphatic rings. The number of carbonyl (C=O) groups excluding carboxylic acids is 1. The molecule has 0 aliphatic carbocycles. The second-order valence-corrected chi connectivity index (χ2v) is 35.5. The Balaban J connectivity index is 1.23. The topological polar surface area (TPSA) is 26.3 Å². The molecule has 0 saturated carbocycles. The molecular formula is C19H18FeO2. The molecule has 2 nitrogen and oxygen atoms in total. The predicted octanol–water partition coefficient (Wildman–Crippen LogP) is 4.66. The summed E-state index contributed by atoms with van der Waals surface area (Å²) in [4.78, 5) is 24.1. The summed E-state index contributed by atoms with van der Waals surface area (Å²) < 4.78 is 5.96. The van der Waals surface area contributed by atoms with Crippen LogP contribution < -0.4 is 0 Å². The quantitative estimate of drug-likeness (QED) is 0.594. The molecule has 10 aliphatic heterocycles. The summed E-state index contributed by atoms with van der Waals surface area (Å²) in [5.74, 6) is -0.154. The average molecular weight is 334 g/mol. The van der Waals surface area contributed by atoms with Gasteiger partial charge in [-0.3, -0.25) is 0 Å². The van der Waals surface area contributed by atoms with Crippen molar-refractivity contribution in [2.75, 3.05) is 6.61 Å². The zero-order chi connectivity index (χ0) is 14.0. The number of esters is 1. The summed E-state index contributed by atoms with van der Waals surface area (Å²) in [5, 5.41) is 0. The molecule has 1 aromatic carbocycles. The second kappa shape index (κ2) is 0.877. The molecule has 22 heavy (non-hydrogen) atoms. The number of fused-ring (bicyclic) bond motifs is 10. The average Bonchev–Trinajstić information content (AvgIpc) is 3.47. The van der Waals surface area contributed by atoms with E-state index in [0.717, 1.165) is 9.88 Å². The van der Waals surface area contributed by atoms with Crippen LogP contribution in [0.2, 0.25) is 43.3 Å². The third-order valence-electron chi connectivity index (χ3n) is 16.5. The first-order valence-electron chi connectivity index (χ1n) is 8.98. The predicted molar refractivity (Wildman–Crippen MR) is 77.8 cm³/mol. The van der Waals surface area contributed by atoms with E-state index in [2.05, 4.69) is 24.3 Å². The maximum atomic E-state index is 11.9. The molecule has 3 heteroatoms. The molecule has 0 bridgehead atoms. The monoisotopic (exact) mass is 334 g/mol. The molecule has 10 saturated heterocycles. The van der Waals surface area contributed by atoms with E-state index in [1.807, 2.05) is 6.92 Å². The van der Waals surface area contributed by atoms with Gasteiger partial charge in [-0.2, -0.15) is 0 Å². The van der Waals surface area contributed by atoms with Crippen molar-refractivity contribution in [1.29, 1.82) is 0 Å². The van der Waals surface area contributed by atoms with E-state index in [-0.39, 0.29) is 5.97 Å². The molecule has 11 rings (SSSR count). The van der Waals surface area contributed by atoms with Crippen molar-refractivity contribution in [2.45, 2.75) is 54.6 Å². The van der Waals surface area contributed by atoms with Gasteiger partial charge >= 0.3 is 119 Å². The zero-order valence-electron chi connectivity index (χ0n) is 12.4. The molecule has 114 valence electrons. The van der Waals surface area contributed by atoms with Gasteiger partial charge in [0, 0.05) is 0 Å². The Morgan fingerprint density at radius 2 is 1.55 bits per heavy atom. The summed E-state index contributed by atoms with van der Waals surface area (Å²) >= 11 is 0.